The van der Waals surface area contributed by atoms with E-state index in [0.717, 1.165) is 32.0 Å². The molecule has 1 fully saturated rings. The van der Waals surface area contributed by atoms with Crippen LogP contribution in [0.4, 0.5) is 14.5 Å². The van der Waals surface area contributed by atoms with E-state index in [4.69, 9.17) is 11.6 Å². The normalized spacial score (nSPS) is 15.6. The van der Waals surface area contributed by atoms with Gasteiger partial charge >= 0.3 is 0 Å². The van der Waals surface area contributed by atoms with E-state index < -0.39 is 11.6 Å². The highest BCUT2D eigenvalue weighted by Crippen LogP contribution is 2.27. The summed E-state index contributed by atoms with van der Waals surface area (Å²) in [6.45, 7) is 1.53. The van der Waals surface area contributed by atoms with Crippen molar-refractivity contribution in [2.45, 2.75) is 12.8 Å². The molecule has 1 nitrogen and oxygen atoms in total. The lowest BCUT2D eigenvalue weighted by Crippen LogP contribution is -2.19. The molecule has 2 rings (SSSR count). The molecule has 5 heteroatoms. The molecular formula is C11H10ClF2NS. The van der Waals surface area contributed by atoms with Gasteiger partial charge in [0, 0.05) is 24.7 Å². The van der Waals surface area contributed by atoms with Crippen LogP contribution in [0.5, 0.6) is 0 Å². The standard InChI is InChI=1S/C11H10ClF2NS/c12-11(16)7-5-9(14)10(6-8(7)13)15-3-1-2-4-15/h5-6H,1-4H2. The average Bonchev–Trinajstić information content (AvgIpc) is 2.73. The highest BCUT2D eigenvalue weighted by atomic mass is 35.5. The van der Waals surface area contributed by atoms with Crippen molar-refractivity contribution in [3.8, 4) is 0 Å². The van der Waals surface area contributed by atoms with Gasteiger partial charge in [-0.2, -0.15) is 0 Å². The maximum Gasteiger partial charge on any atom is 0.147 e. The molecule has 86 valence electrons. The fraction of sp³-hybridized carbons (Fsp3) is 0.364. The number of hydrogen-bond donors (Lipinski definition) is 0. The lowest BCUT2D eigenvalue weighted by molar-refractivity contribution is 0.595. The van der Waals surface area contributed by atoms with Crippen LogP contribution in [0.3, 0.4) is 0 Å². The van der Waals surface area contributed by atoms with Gasteiger partial charge in [-0.05, 0) is 18.9 Å². The molecule has 16 heavy (non-hydrogen) atoms. The van der Waals surface area contributed by atoms with Crippen LogP contribution in [0.15, 0.2) is 12.1 Å². The molecule has 1 aliphatic heterocycles. The first kappa shape index (κ1) is 11.7. The smallest absolute Gasteiger partial charge is 0.147 e. The third-order valence-corrected chi connectivity index (χ3v) is 3.12. The van der Waals surface area contributed by atoms with E-state index in [0.29, 0.717) is 5.69 Å². The monoisotopic (exact) mass is 261 g/mol. The van der Waals surface area contributed by atoms with Crippen LogP contribution in [0.2, 0.25) is 0 Å². The molecule has 1 saturated heterocycles. The predicted molar refractivity (Wildman–Crippen MR) is 65.4 cm³/mol. The number of rotatable bonds is 2. The second-order valence-electron chi connectivity index (χ2n) is 3.75. The van der Waals surface area contributed by atoms with Crippen LogP contribution in [-0.4, -0.2) is 17.4 Å². The van der Waals surface area contributed by atoms with E-state index in [-0.39, 0.29) is 9.89 Å². The maximum atomic E-state index is 13.7. The van der Waals surface area contributed by atoms with Crippen molar-refractivity contribution < 1.29 is 8.78 Å². The van der Waals surface area contributed by atoms with Gasteiger partial charge in [0.2, 0.25) is 0 Å². The molecule has 0 bridgehead atoms. The van der Waals surface area contributed by atoms with Crippen molar-refractivity contribution >= 4 is 33.8 Å². The second-order valence-corrected chi connectivity index (χ2v) is 4.76. The van der Waals surface area contributed by atoms with Gasteiger partial charge in [0.25, 0.3) is 0 Å². The minimum atomic E-state index is -0.566. The minimum Gasteiger partial charge on any atom is -0.369 e. The van der Waals surface area contributed by atoms with Gasteiger partial charge in [0.05, 0.1) is 5.69 Å². The summed E-state index contributed by atoms with van der Waals surface area (Å²) in [5.74, 6) is -1.04. The number of benzene rings is 1. The predicted octanol–water partition coefficient (Wildman–Crippen LogP) is 3.48. The van der Waals surface area contributed by atoms with Crippen LogP contribution >= 0.6 is 23.8 Å². The lowest BCUT2D eigenvalue weighted by Gasteiger charge is -2.18. The topological polar surface area (TPSA) is 3.24 Å². The first-order valence-electron chi connectivity index (χ1n) is 5.03. The third-order valence-electron chi connectivity index (χ3n) is 2.70. The largest absolute Gasteiger partial charge is 0.369 e. The minimum absolute atomic E-state index is 0.0443. The van der Waals surface area contributed by atoms with Gasteiger partial charge in [-0.3, -0.25) is 0 Å². The summed E-state index contributed by atoms with van der Waals surface area (Å²) in [6.07, 6.45) is 2.02. The summed E-state index contributed by atoms with van der Waals surface area (Å²) in [6, 6.07) is 2.24. The number of anilines is 1. The fourth-order valence-corrected chi connectivity index (χ4v) is 2.19. The number of thiocarbonyl (C=S) groups is 1. The summed E-state index contributed by atoms with van der Waals surface area (Å²) in [5.41, 5.74) is 0.254. The first-order valence-corrected chi connectivity index (χ1v) is 5.82. The molecule has 0 saturated carbocycles. The van der Waals surface area contributed by atoms with Crippen LogP contribution in [0.1, 0.15) is 18.4 Å². The van der Waals surface area contributed by atoms with E-state index in [9.17, 15) is 8.78 Å². The molecule has 0 radical (unpaired) electrons. The molecule has 0 unspecified atom stereocenters. The molecule has 0 spiro atoms. The molecule has 0 N–H and O–H groups in total. The summed E-state index contributed by atoms with van der Waals surface area (Å²) in [4.78, 5) is 1.83. The molecule has 0 aromatic heterocycles. The van der Waals surface area contributed by atoms with Crippen molar-refractivity contribution in [3.63, 3.8) is 0 Å². The van der Waals surface area contributed by atoms with E-state index in [2.05, 4.69) is 12.2 Å². The second kappa shape index (κ2) is 4.63. The highest BCUT2D eigenvalue weighted by molar-refractivity contribution is 7.83. The van der Waals surface area contributed by atoms with E-state index >= 15 is 0 Å². The molecule has 1 aromatic rings. The van der Waals surface area contributed by atoms with Gasteiger partial charge < -0.3 is 4.90 Å². The lowest BCUT2D eigenvalue weighted by atomic mass is 10.2. The van der Waals surface area contributed by atoms with E-state index in [1.165, 1.54) is 6.07 Å². The molecule has 0 aliphatic carbocycles. The third kappa shape index (κ3) is 2.18. The Morgan fingerprint density at radius 2 is 1.81 bits per heavy atom. The number of halogens is 3. The zero-order valence-electron chi connectivity index (χ0n) is 8.47. The molecule has 1 heterocycles. The Kier molecular flexibility index (Phi) is 3.40. The quantitative estimate of drug-likeness (QED) is 0.592. The Morgan fingerprint density at radius 3 is 2.38 bits per heavy atom. The van der Waals surface area contributed by atoms with Crippen molar-refractivity contribution in [2.24, 2.45) is 0 Å². The summed E-state index contributed by atoms with van der Waals surface area (Å²) in [7, 11) is 0. The molecule has 1 aromatic carbocycles. The van der Waals surface area contributed by atoms with Crippen LogP contribution in [0, 0.1) is 11.6 Å². The Bertz CT molecular complexity index is 430. The van der Waals surface area contributed by atoms with Crippen molar-refractivity contribution in [1.82, 2.24) is 0 Å². The Balaban J connectivity index is 2.40. The summed E-state index contributed by atoms with van der Waals surface area (Å²) in [5, 5.41) is 0. The molecule has 0 amide bonds. The molecular weight excluding hydrogens is 252 g/mol. The zero-order valence-corrected chi connectivity index (χ0v) is 10.0. The zero-order chi connectivity index (χ0) is 11.7. The van der Waals surface area contributed by atoms with Crippen molar-refractivity contribution in [2.75, 3.05) is 18.0 Å². The van der Waals surface area contributed by atoms with Gasteiger partial charge in [-0.15, -0.1) is 0 Å². The number of nitrogens with zero attached hydrogens (tertiary/aromatic N) is 1. The van der Waals surface area contributed by atoms with Crippen LogP contribution in [-0.2, 0) is 0 Å². The number of hydrogen-bond acceptors (Lipinski definition) is 2. The average molecular weight is 262 g/mol. The van der Waals surface area contributed by atoms with Gasteiger partial charge in [-0.1, -0.05) is 23.8 Å². The van der Waals surface area contributed by atoms with Crippen LogP contribution in [0.25, 0.3) is 0 Å². The Labute approximate surface area is 103 Å². The van der Waals surface area contributed by atoms with Crippen molar-refractivity contribution in [3.05, 3.63) is 29.3 Å². The summed E-state index contributed by atoms with van der Waals surface area (Å²) >= 11 is 10.1. The van der Waals surface area contributed by atoms with E-state index in [1.807, 2.05) is 4.90 Å². The van der Waals surface area contributed by atoms with Gasteiger partial charge in [-0.25, -0.2) is 8.78 Å². The Morgan fingerprint density at radius 1 is 1.19 bits per heavy atom. The SMILES string of the molecule is Fc1cc(N2CCCC2)c(F)cc1C(=S)Cl. The molecule has 0 atom stereocenters. The fourth-order valence-electron chi connectivity index (χ4n) is 1.89. The first-order chi connectivity index (χ1) is 7.59. The Hall–Kier alpha value is -0.740. The highest BCUT2D eigenvalue weighted by Gasteiger charge is 2.19. The van der Waals surface area contributed by atoms with Crippen molar-refractivity contribution in [1.29, 1.82) is 0 Å². The van der Waals surface area contributed by atoms with Gasteiger partial charge in [0.15, 0.2) is 0 Å². The van der Waals surface area contributed by atoms with Crippen LogP contribution < -0.4 is 4.90 Å². The van der Waals surface area contributed by atoms with E-state index in [1.54, 1.807) is 0 Å². The van der Waals surface area contributed by atoms with Gasteiger partial charge in [0.1, 0.15) is 16.0 Å². The molecule has 1 aliphatic rings. The maximum absolute atomic E-state index is 13.7. The summed E-state index contributed by atoms with van der Waals surface area (Å²) < 4.78 is 27.1.